The number of nitriles is 1. The van der Waals surface area contributed by atoms with Gasteiger partial charge in [-0.1, -0.05) is 19.3 Å². The van der Waals surface area contributed by atoms with Crippen LogP contribution in [0, 0.1) is 11.3 Å². The molecule has 0 aliphatic carbocycles. The number of nitrogens with one attached hydrogen (secondary N) is 1. The summed E-state index contributed by atoms with van der Waals surface area (Å²) in [6.45, 7) is 1.03. The van der Waals surface area contributed by atoms with Crippen molar-refractivity contribution < 1.29 is 9.59 Å². The number of nitrogens with zero attached hydrogens (tertiary/aromatic N) is 2. The molecule has 1 heterocycles. The van der Waals surface area contributed by atoms with Crippen LogP contribution in [0.25, 0.3) is 0 Å². The van der Waals surface area contributed by atoms with Crippen LogP contribution in [-0.4, -0.2) is 29.9 Å². The van der Waals surface area contributed by atoms with Crippen molar-refractivity contribution >= 4 is 11.9 Å². The predicted octanol–water partition coefficient (Wildman–Crippen LogP) is 1.40. The van der Waals surface area contributed by atoms with Crippen LogP contribution in [0.3, 0.4) is 0 Å². The zero-order chi connectivity index (χ0) is 11.8. The Hall–Kier alpha value is -1.57. The first-order chi connectivity index (χ1) is 7.75. The van der Waals surface area contributed by atoms with Crippen molar-refractivity contribution in [3.05, 3.63) is 0 Å². The van der Waals surface area contributed by atoms with Gasteiger partial charge in [-0.2, -0.15) is 5.26 Å². The minimum Gasteiger partial charge on any atom is -0.338 e. The van der Waals surface area contributed by atoms with Gasteiger partial charge in [-0.25, -0.2) is 4.79 Å². The summed E-state index contributed by atoms with van der Waals surface area (Å²) in [5.41, 5.74) is 0. The molecule has 0 aromatic rings. The van der Waals surface area contributed by atoms with E-state index in [9.17, 15) is 9.59 Å². The standard InChI is InChI=1S/C11H17N3O2/c12-7-6-10(15)14-9-5-3-1-2-4-8-13-11(14)16/h1-6,8-9H2,(H,13,16). The van der Waals surface area contributed by atoms with Gasteiger partial charge in [0.1, 0.15) is 6.42 Å². The van der Waals surface area contributed by atoms with Crippen LogP contribution < -0.4 is 5.32 Å². The SMILES string of the molecule is N#CCC(=O)N1CCCCCCCNC1=O. The summed E-state index contributed by atoms with van der Waals surface area (Å²) in [6.07, 6.45) is 4.83. The smallest absolute Gasteiger partial charge is 0.324 e. The topological polar surface area (TPSA) is 73.2 Å². The monoisotopic (exact) mass is 223 g/mol. The number of urea groups is 1. The molecule has 0 aromatic carbocycles. The summed E-state index contributed by atoms with van der Waals surface area (Å²) in [4.78, 5) is 24.3. The molecular formula is C11H17N3O2. The summed E-state index contributed by atoms with van der Waals surface area (Å²) in [7, 11) is 0. The average Bonchev–Trinajstić information content (AvgIpc) is 2.27. The molecular weight excluding hydrogens is 206 g/mol. The van der Waals surface area contributed by atoms with Gasteiger partial charge in [-0.15, -0.1) is 0 Å². The molecule has 1 aliphatic rings. The summed E-state index contributed by atoms with van der Waals surface area (Å²) < 4.78 is 0. The van der Waals surface area contributed by atoms with E-state index in [-0.39, 0.29) is 12.5 Å². The Labute approximate surface area is 95.4 Å². The van der Waals surface area contributed by atoms with Gasteiger partial charge in [0, 0.05) is 13.1 Å². The highest BCUT2D eigenvalue weighted by atomic mass is 16.2. The van der Waals surface area contributed by atoms with Gasteiger partial charge in [0.25, 0.3) is 0 Å². The van der Waals surface area contributed by atoms with E-state index >= 15 is 0 Å². The first-order valence-electron chi connectivity index (χ1n) is 5.71. The number of amides is 3. The second-order valence-corrected chi connectivity index (χ2v) is 3.88. The van der Waals surface area contributed by atoms with Crippen molar-refractivity contribution in [1.29, 1.82) is 5.26 Å². The quantitative estimate of drug-likeness (QED) is 0.730. The van der Waals surface area contributed by atoms with Crippen LogP contribution >= 0.6 is 0 Å². The van der Waals surface area contributed by atoms with Crippen molar-refractivity contribution in [1.82, 2.24) is 10.2 Å². The number of carbonyl (C=O) groups excluding carboxylic acids is 2. The van der Waals surface area contributed by atoms with Gasteiger partial charge >= 0.3 is 6.03 Å². The van der Waals surface area contributed by atoms with Gasteiger partial charge in [0.15, 0.2) is 0 Å². The van der Waals surface area contributed by atoms with E-state index in [0.717, 1.165) is 37.0 Å². The zero-order valence-corrected chi connectivity index (χ0v) is 9.37. The fourth-order valence-corrected chi connectivity index (χ4v) is 1.72. The van der Waals surface area contributed by atoms with Crippen LogP contribution in [0.15, 0.2) is 0 Å². The van der Waals surface area contributed by atoms with E-state index in [1.165, 1.54) is 0 Å². The molecule has 88 valence electrons. The molecule has 1 N–H and O–H groups in total. The Bertz CT molecular complexity index is 296. The third kappa shape index (κ3) is 3.89. The molecule has 5 heteroatoms. The Morgan fingerprint density at radius 2 is 2.00 bits per heavy atom. The van der Waals surface area contributed by atoms with Gasteiger partial charge in [-0.3, -0.25) is 9.69 Å². The molecule has 1 saturated heterocycles. The molecule has 5 nitrogen and oxygen atoms in total. The van der Waals surface area contributed by atoms with Crippen molar-refractivity contribution in [2.24, 2.45) is 0 Å². The molecule has 16 heavy (non-hydrogen) atoms. The van der Waals surface area contributed by atoms with Crippen LogP contribution in [0.1, 0.15) is 38.5 Å². The van der Waals surface area contributed by atoms with Crippen molar-refractivity contribution in [2.45, 2.75) is 38.5 Å². The Kier molecular flexibility index (Phi) is 5.34. The maximum atomic E-state index is 11.6. The third-order valence-corrected chi connectivity index (χ3v) is 2.61. The maximum Gasteiger partial charge on any atom is 0.324 e. The number of hydrogen-bond donors (Lipinski definition) is 1. The van der Waals surface area contributed by atoms with Crippen molar-refractivity contribution in [2.75, 3.05) is 13.1 Å². The summed E-state index contributed by atoms with van der Waals surface area (Å²) >= 11 is 0. The molecule has 0 saturated carbocycles. The molecule has 3 amide bonds. The highest BCUT2D eigenvalue weighted by Gasteiger charge is 2.20. The second kappa shape index (κ2) is 6.83. The number of carbonyl (C=O) groups is 2. The lowest BCUT2D eigenvalue weighted by Gasteiger charge is -2.21. The fourth-order valence-electron chi connectivity index (χ4n) is 1.72. The molecule has 0 atom stereocenters. The Balaban J connectivity index is 2.57. The third-order valence-electron chi connectivity index (χ3n) is 2.61. The molecule has 1 aliphatic heterocycles. The highest BCUT2D eigenvalue weighted by molar-refractivity contribution is 5.95. The molecule has 1 rings (SSSR count). The van der Waals surface area contributed by atoms with E-state index < -0.39 is 5.91 Å². The average molecular weight is 223 g/mol. The molecule has 0 aromatic heterocycles. The van der Waals surface area contributed by atoms with Crippen molar-refractivity contribution in [3.8, 4) is 6.07 Å². The van der Waals surface area contributed by atoms with Crippen LogP contribution in [0.4, 0.5) is 4.79 Å². The van der Waals surface area contributed by atoms with E-state index in [1.54, 1.807) is 6.07 Å². The van der Waals surface area contributed by atoms with Gasteiger partial charge in [0.2, 0.25) is 5.91 Å². The Morgan fingerprint density at radius 1 is 1.31 bits per heavy atom. The van der Waals surface area contributed by atoms with Crippen LogP contribution in [-0.2, 0) is 4.79 Å². The van der Waals surface area contributed by atoms with E-state index in [1.807, 2.05) is 0 Å². The van der Waals surface area contributed by atoms with Crippen molar-refractivity contribution in [3.63, 3.8) is 0 Å². The minimum atomic E-state index is -0.402. The van der Waals surface area contributed by atoms with Crippen LogP contribution in [0.2, 0.25) is 0 Å². The Morgan fingerprint density at radius 3 is 2.75 bits per heavy atom. The first kappa shape index (κ1) is 12.5. The number of hydrogen-bond acceptors (Lipinski definition) is 3. The molecule has 1 fully saturated rings. The largest absolute Gasteiger partial charge is 0.338 e. The zero-order valence-electron chi connectivity index (χ0n) is 9.37. The number of imide groups is 1. The molecule has 0 radical (unpaired) electrons. The molecule has 0 unspecified atom stereocenters. The second-order valence-electron chi connectivity index (χ2n) is 3.88. The lowest BCUT2D eigenvalue weighted by atomic mass is 10.1. The lowest BCUT2D eigenvalue weighted by molar-refractivity contribution is -0.127. The van der Waals surface area contributed by atoms with Crippen LogP contribution in [0.5, 0.6) is 0 Å². The fraction of sp³-hybridized carbons (Fsp3) is 0.727. The maximum absolute atomic E-state index is 11.6. The summed E-state index contributed by atoms with van der Waals surface area (Å²) in [5.74, 6) is -0.402. The highest BCUT2D eigenvalue weighted by Crippen LogP contribution is 2.07. The van der Waals surface area contributed by atoms with Gasteiger partial charge < -0.3 is 5.32 Å². The lowest BCUT2D eigenvalue weighted by Crippen LogP contribution is -2.44. The molecule has 0 bridgehead atoms. The van der Waals surface area contributed by atoms with E-state index in [4.69, 9.17) is 5.26 Å². The van der Waals surface area contributed by atoms with E-state index in [2.05, 4.69) is 5.32 Å². The van der Waals surface area contributed by atoms with E-state index in [0.29, 0.717) is 13.1 Å². The van der Waals surface area contributed by atoms with Gasteiger partial charge in [-0.05, 0) is 12.8 Å². The predicted molar refractivity (Wildman–Crippen MR) is 58.4 cm³/mol. The van der Waals surface area contributed by atoms with Gasteiger partial charge in [0.05, 0.1) is 6.07 Å². The molecule has 0 spiro atoms. The number of rotatable bonds is 1. The summed E-state index contributed by atoms with van der Waals surface area (Å²) in [6, 6.07) is 1.42. The minimum absolute atomic E-state index is 0.229. The first-order valence-corrected chi connectivity index (χ1v) is 5.71. The summed E-state index contributed by atoms with van der Waals surface area (Å²) in [5, 5.41) is 11.1. The normalized spacial score (nSPS) is 18.4.